The Morgan fingerprint density at radius 3 is 2.67 bits per heavy atom. The van der Waals surface area contributed by atoms with Gasteiger partial charge in [0.25, 0.3) is 5.91 Å². The van der Waals surface area contributed by atoms with Crippen LogP contribution < -0.4 is 0 Å². The van der Waals surface area contributed by atoms with Gasteiger partial charge in [0.15, 0.2) is 0 Å². The fourth-order valence-electron chi connectivity index (χ4n) is 3.38. The van der Waals surface area contributed by atoms with Crippen LogP contribution in [0.25, 0.3) is 0 Å². The summed E-state index contributed by atoms with van der Waals surface area (Å²) in [6.07, 6.45) is 1.78. The number of carbonyl (C=O) groups is 1. The lowest BCUT2D eigenvalue weighted by Crippen LogP contribution is -2.42. The molecule has 0 radical (unpaired) electrons. The number of hydrogen-bond donors (Lipinski definition) is 0. The van der Waals surface area contributed by atoms with E-state index >= 15 is 0 Å². The molecule has 0 saturated carbocycles. The van der Waals surface area contributed by atoms with Crippen molar-refractivity contribution in [2.24, 2.45) is 5.16 Å². The van der Waals surface area contributed by atoms with Crippen LogP contribution in [-0.2, 0) is 29.0 Å². The third-order valence-electron chi connectivity index (χ3n) is 4.70. The molecular weight excluding hydrogens is 300 g/mol. The molecule has 1 amide bonds. The van der Waals surface area contributed by atoms with Crippen LogP contribution in [-0.4, -0.2) is 29.2 Å². The van der Waals surface area contributed by atoms with Gasteiger partial charge >= 0.3 is 0 Å². The van der Waals surface area contributed by atoms with Crippen LogP contribution in [0.15, 0.2) is 59.8 Å². The highest BCUT2D eigenvalue weighted by molar-refractivity contribution is 5.94. The van der Waals surface area contributed by atoms with Crippen molar-refractivity contribution in [3.63, 3.8) is 0 Å². The molecule has 122 valence electrons. The molecule has 2 aliphatic rings. The number of oxime groups is 1. The van der Waals surface area contributed by atoms with Crippen molar-refractivity contribution in [2.75, 3.05) is 6.54 Å². The minimum atomic E-state index is -0.464. The summed E-state index contributed by atoms with van der Waals surface area (Å²) in [5.74, 6) is 0.0521. The molecule has 0 aliphatic carbocycles. The minimum absolute atomic E-state index is 0.0521. The first kappa shape index (κ1) is 14.9. The van der Waals surface area contributed by atoms with Crippen LogP contribution in [0.5, 0.6) is 0 Å². The van der Waals surface area contributed by atoms with E-state index in [2.05, 4.69) is 35.5 Å². The number of amides is 1. The lowest BCUT2D eigenvalue weighted by Gasteiger charge is -2.30. The zero-order valence-corrected chi connectivity index (χ0v) is 13.5. The van der Waals surface area contributed by atoms with Gasteiger partial charge in [0.05, 0.1) is 5.71 Å². The zero-order chi connectivity index (χ0) is 16.4. The van der Waals surface area contributed by atoms with Gasteiger partial charge in [-0.25, -0.2) is 0 Å². The van der Waals surface area contributed by atoms with Gasteiger partial charge < -0.3 is 9.74 Å². The molecule has 2 aromatic rings. The Bertz CT molecular complexity index is 770. The van der Waals surface area contributed by atoms with Crippen molar-refractivity contribution in [3.8, 4) is 0 Å². The molecule has 2 aromatic carbocycles. The van der Waals surface area contributed by atoms with E-state index in [-0.39, 0.29) is 5.91 Å². The fourth-order valence-corrected chi connectivity index (χ4v) is 3.38. The second-order valence-corrected chi connectivity index (χ2v) is 6.40. The topological polar surface area (TPSA) is 41.9 Å². The third-order valence-corrected chi connectivity index (χ3v) is 4.70. The number of fused-ring (bicyclic) bond motifs is 1. The van der Waals surface area contributed by atoms with Gasteiger partial charge in [0, 0.05) is 25.9 Å². The summed E-state index contributed by atoms with van der Waals surface area (Å²) < 4.78 is 0. The van der Waals surface area contributed by atoms with Gasteiger partial charge in [-0.05, 0) is 23.1 Å². The third kappa shape index (κ3) is 3.04. The lowest BCUT2D eigenvalue weighted by molar-refractivity contribution is -0.143. The van der Waals surface area contributed by atoms with Crippen LogP contribution in [0.3, 0.4) is 0 Å². The zero-order valence-electron chi connectivity index (χ0n) is 13.5. The number of hydrogen-bond acceptors (Lipinski definition) is 3. The molecule has 24 heavy (non-hydrogen) atoms. The second kappa shape index (κ2) is 6.48. The molecule has 0 saturated heterocycles. The van der Waals surface area contributed by atoms with E-state index in [0.29, 0.717) is 13.0 Å². The Morgan fingerprint density at radius 2 is 1.83 bits per heavy atom. The van der Waals surface area contributed by atoms with E-state index in [9.17, 15) is 4.79 Å². The molecule has 0 bridgehead atoms. The van der Waals surface area contributed by atoms with Gasteiger partial charge in [0.2, 0.25) is 6.10 Å². The number of benzene rings is 2. The molecule has 1 unspecified atom stereocenters. The average Bonchev–Trinajstić information content (AvgIpc) is 3.10. The van der Waals surface area contributed by atoms with E-state index in [0.717, 1.165) is 25.1 Å². The van der Waals surface area contributed by atoms with Gasteiger partial charge in [-0.15, -0.1) is 0 Å². The second-order valence-electron chi connectivity index (χ2n) is 6.40. The molecule has 0 fully saturated rings. The summed E-state index contributed by atoms with van der Waals surface area (Å²) in [6, 6.07) is 18.5. The van der Waals surface area contributed by atoms with E-state index in [1.807, 2.05) is 29.2 Å². The highest BCUT2D eigenvalue weighted by Gasteiger charge is 2.33. The van der Waals surface area contributed by atoms with Crippen LogP contribution in [0.2, 0.25) is 0 Å². The maximum atomic E-state index is 12.7. The molecule has 4 nitrogen and oxygen atoms in total. The monoisotopic (exact) mass is 320 g/mol. The number of nitrogens with zero attached hydrogens (tertiary/aromatic N) is 2. The van der Waals surface area contributed by atoms with Gasteiger partial charge in [-0.1, -0.05) is 59.8 Å². The highest BCUT2D eigenvalue weighted by Crippen LogP contribution is 2.22. The van der Waals surface area contributed by atoms with E-state index in [1.165, 1.54) is 16.7 Å². The standard InChI is InChI=1S/C20H20N2O2/c23-20(22-11-10-16-8-4-5-9-17(16)14-22)19-13-18(21-24-19)12-15-6-2-1-3-7-15/h1-9,19H,10-14H2. The van der Waals surface area contributed by atoms with E-state index in [4.69, 9.17) is 4.84 Å². The van der Waals surface area contributed by atoms with Crippen molar-refractivity contribution >= 4 is 11.6 Å². The van der Waals surface area contributed by atoms with Gasteiger partial charge in [-0.2, -0.15) is 0 Å². The molecular formula is C20H20N2O2. The van der Waals surface area contributed by atoms with Crippen molar-refractivity contribution in [2.45, 2.75) is 31.9 Å². The first-order chi connectivity index (χ1) is 11.8. The number of carbonyl (C=O) groups excluding carboxylic acids is 1. The molecule has 0 spiro atoms. The Labute approximate surface area is 141 Å². The largest absolute Gasteiger partial charge is 0.382 e. The SMILES string of the molecule is O=C(C1CC(Cc2ccccc2)=NO1)N1CCc2ccccc2C1. The summed E-state index contributed by atoms with van der Waals surface area (Å²) >= 11 is 0. The predicted molar refractivity (Wildman–Crippen MR) is 92.6 cm³/mol. The highest BCUT2D eigenvalue weighted by atomic mass is 16.6. The molecule has 2 heterocycles. The first-order valence-electron chi connectivity index (χ1n) is 8.40. The molecule has 4 heteroatoms. The van der Waals surface area contributed by atoms with Crippen molar-refractivity contribution < 1.29 is 9.63 Å². The van der Waals surface area contributed by atoms with Crippen LogP contribution in [0.4, 0.5) is 0 Å². The quantitative estimate of drug-likeness (QED) is 0.872. The van der Waals surface area contributed by atoms with Crippen LogP contribution >= 0.6 is 0 Å². The molecule has 4 rings (SSSR count). The lowest BCUT2D eigenvalue weighted by atomic mass is 9.98. The summed E-state index contributed by atoms with van der Waals surface area (Å²) in [4.78, 5) is 20.1. The smallest absolute Gasteiger partial charge is 0.267 e. The Morgan fingerprint density at radius 1 is 1.08 bits per heavy atom. The van der Waals surface area contributed by atoms with E-state index in [1.54, 1.807) is 0 Å². The van der Waals surface area contributed by atoms with Crippen molar-refractivity contribution in [1.29, 1.82) is 0 Å². The maximum absolute atomic E-state index is 12.7. The Hall–Kier alpha value is -2.62. The van der Waals surface area contributed by atoms with Gasteiger partial charge in [0.1, 0.15) is 0 Å². The normalized spacial score (nSPS) is 19.4. The summed E-state index contributed by atoms with van der Waals surface area (Å²) in [5, 5.41) is 4.14. The average molecular weight is 320 g/mol. The fraction of sp³-hybridized carbons (Fsp3) is 0.300. The molecule has 2 aliphatic heterocycles. The van der Waals surface area contributed by atoms with Gasteiger partial charge in [-0.3, -0.25) is 4.79 Å². The van der Waals surface area contributed by atoms with Crippen molar-refractivity contribution in [3.05, 3.63) is 71.3 Å². The molecule has 0 aromatic heterocycles. The minimum Gasteiger partial charge on any atom is -0.382 e. The summed E-state index contributed by atoms with van der Waals surface area (Å²) in [7, 11) is 0. The van der Waals surface area contributed by atoms with Crippen molar-refractivity contribution in [1.82, 2.24) is 4.90 Å². The van der Waals surface area contributed by atoms with Crippen LogP contribution in [0, 0.1) is 0 Å². The molecule has 1 atom stereocenters. The Balaban J connectivity index is 1.37. The maximum Gasteiger partial charge on any atom is 0.267 e. The van der Waals surface area contributed by atoms with Crippen LogP contribution in [0.1, 0.15) is 23.1 Å². The summed E-state index contributed by atoms with van der Waals surface area (Å²) in [5.41, 5.74) is 4.72. The van der Waals surface area contributed by atoms with E-state index < -0.39 is 6.10 Å². The first-order valence-corrected chi connectivity index (χ1v) is 8.40. The Kier molecular flexibility index (Phi) is 4.03. The molecule has 0 N–H and O–H groups in total. The summed E-state index contributed by atoms with van der Waals surface area (Å²) in [6.45, 7) is 1.42. The predicted octanol–water partition coefficient (Wildman–Crippen LogP) is 2.96. The number of rotatable bonds is 3.